The van der Waals surface area contributed by atoms with Gasteiger partial charge in [0.25, 0.3) is 0 Å². The predicted molar refractivity (Wildman–Crippen MR) is 95.1 cm³/mol. The fourth-order valence-electron chi connectivity index (χ4n) is 3.94. The first-order valence-electron chi connectivity index (χ1n) is 8.54. The second kappa shape index (κ2) is 6.23. The highest BCUT2D eigenvalue weighted by atomic mass is 32.1. The number of carbonyl (C=O) groups excluding carboxylic acids is 1. The molecule has 2 fully saturated rings. The van der Waals surface area contributed by atoms with Crippen LogP contribution >= 0.6 is 12.2 Å². The van der Waals surface area contributed by atoms with Crippen LogP contribution in [0.1, 0.15) is 45.2 Å². The summed E-state index contributed by atoms with van der Waals surface area (Å²) in [5.74, 6) is 0.511. The Morgan fingerprint density at radius 2 is 2.04 bits per heavy atom. The maximum atomic E-state index is 12.4. The zero-order valence-corrected chi connectivity index (χ0v) is 14.9. The minimum Gasteiger partial charge on any atom is -0.466 e. The average molecular weight is 331 g/mol. The first kappa shape index (κ1) is 16.4. The Hall–Kier alpha value is -1.42. The summed E-state index contributed by atoms with van der Waals surface area (Å²) in [5.41, 5.74) is 0.980. The van der Waals surface area contributed by atoms with Crippen LogP contribution in [0, 0.1) is 17.3 Å². The molecule has 1 heterocycles. The van der Waals surface area contributed by atoms with Gasteiger partial charge in [0.15, 0.2) is 0 Å². The number of ether oxygens (including phenoxy) is 1. The standard InChI is InChI=1S/C19H25NO2S/c1-4-22-18(21)19(10-11-19)16-12-20(17(23)13(16)2)14(3)15-8-6-5-7-9-15/h5-9,13-14,16H,4,10-12H2,1-3H3/t13-,14+,16+/m1/s1. The Balaban J connectivity index is 1.79. The van der Waals surface area contributed by atoms with E-state index in [2.05, 4.69) is 43.0 Å². The van der Waals surface area contributed by atoms with Gasteiger partial charge in [0, 0.05) is 18.4 Å². The van der Waals surface area contributed by atoms with Crippen molar-refractivity contribution in [1.29, 1.82) is 0 Å². The molecule has 4 heteroatoms. The zero-order valence-electron chi connectivity index (χ0n) is 14.1. The number of benzene rings is 1. The Labute approximate surface area is 144 Å². The molecule has 0 amide bonds. The Morgan fingerprint density at radius 1 is 1.39 bits per heavy atom. The SMILES string of the molecule is CCOC(=O)C1([C@H]2CN([C@@H](C)c3ccccc3)C(=S)[C@@H]2C)CC1. The maximum absolute atomic E-state index is 12.4. The lowest BCUT2D eigenvalue weighted by atomic mass is 9.82. The van der Waals surface area contributed by atoms with Crippen LogP contribution in [0.25, 0.3) is 0 Å². The summed E-state index contributed by atoms with van der Waals surface area (Å²) in [6.07, 6.45) is 1.88. The third kappa shape index (κ3) is 2.78. The number of hydrogen-bond donors (Lipinski definition) is 0. The molecule has 2 aliphatic rings. The number of likely N-dealkylation sites (tertiary alicyclic amines) is 1. The van der Waals surface area contributed by atoms with Crippen molar-refractivity contribution in [3.05, 3.63) is 35.9 Å². The van der Waals surface area contributed by atoms with Crippen molar-refractivity contribution in [3.63, 3.8) is 0 Å². The van der Waals surface area contributed by atoms with E-state index in [0.29, 0.717) is 6.61 Å². The minimum atomic E-state index is -0.287. The second-order valence-electron chi connectivity index (χ2n) is 6.85. The molecule has 1 aromatic carbocycles. The lowest BCUT2D eigenvalue weighted by Gasteiger charge is -2.28. The molecular weight excluding hydrogens is 306 g/mol. The van der Waals surface area contributed by atoms with Crippen LogP contribution in [-0.2, 0) is 9.53 Å². The number of nitrogens with zero attached hydrogens (tertiary/aromatic N) is 1. The summed E-state index contributed by atoms with van der Waals surface area (Å²) < 4.78 is 5.34. The highest BCUT2D eigenvalue weighted by Gasteiger charge is 2.61. The van der Waals surface area contributed by atoms with Gasteiger partial charge in [-0.3, -0.25) is 4.79 Å². The van der Waals surface area contributed by atoms with Crippen LogP contribution in [0.3, 0.4) is 0 Å². The molecule has 3 rings (SSSR count). The monoisotopic (exact) mass is 331 g/mol. The van der Waals surface area contributed by atoms with Gasteiger partial charge in [-0.05, 0) is 32.3 Å². The molecule has 0 aromatic heterocycles. The van der Waals surface area contributed by atoms with Crippen LogP contribution in [0.15, 0.2) is 30.3 Å². The van der Waals surface area contributed by atoms with E-state index < -0.39 is 0 Å². The predicted octanol–water partition coefficient (Wildman–Crippen LogP) is 3.99. The van der Waals surface area contributed by atoms with Crippen molar-refractivity contribution >= 4 is 23.2 Å². The molecule has 0 radical (unpaired) electrons. The molecule has 23 heavy (non-hydrogen) atoms. The Kier molecular flexibility index (Phi) is 4.45. The Morgan fingerprint density at radius 3 is 2.61 bits per heavy atom. The fraction of sp³-hybridized carbons (Fsp3) is 0.579. The summed E-state index contributed by atoms with van der Waals surface area (Å²) in [5, 5.41) is 0. The van der Waals surface area contributed by atoms with E-state index >= 15 is 0 Å². The Bertz CT molecular complexity index is 597. The molecule has 0 unspecified atom stereocenters. The van der Waals surface area contributed by atoms with E-state index in [4.69, 9.17) is 17.0 Å². The van der Waals surface area contributed by atoms with Crippen LogP contribution in [-0.4, -0.2) is 29.0 Å². The molecule has 124 valence electrons. The molecule has 3 nitrogen and oxygen atoms in total. The number of rotatable bonds is 5. The largest absolute Gasteiger partial charge is 0.466 e. The van der Waals surface area contributed by atoms with Crippen molar-refractivity contribution < 1.29 is 9.53 Å². The van der Waals surface area contributed by atoms with Crippen LogP contribution < -0.4 is 0 Å². The minimum absolute atomic E-state index is 0.0196. The van der Waals surface area contributed by atoms with Crippen molar-refractivity contribution in [2.75, 3.05) is 13.2 Å². The van der Waals surface area contributed by atoms with Crippen molar-refractivity contribution in [2.24, 2.45) is 17.3 Å². The van der Waals surface area contributed by atoms with E-state index in [-0.39, 0.29) is 29.3 Å². The van der Waals surface area contributed by atoms with Crippen LogP contribution in [0.4, 0.5) is 0 Å². The average Bonchev–Trinajstić information content (AvgIpc) is 3.31. The van der Waals surface area contributed by atoms with Gasteiger partial charge in [0.2, 0.25) is 0 Å². The molecule has 1 saturated heterocycles. The van der Waals surface area contributed by atoms with Crippen molar-refractivity contribution in [2.45, 2.75) is 39.7 Å². The summed E-state index contributed by atoms with van der Waals surface area (Å²) in [6.45, 7) is 7.55. The maximum Gasteiger partial charge on any atom is 0.312 e. The topological polar surface area (TPSA) is 29.5 Å². The summed E-state index contributed by atoms with van der Waals surface area (Å²) in [6, 6.07) is 10.7. The lowest BCUT2D eigenvalue weighted by molar-refractivity contribution is -0.152. The number of thiocarbonyl (C=S) groups is 1. The smallest absolute Gasteiger partial charge is 0.312 e. The van der Waals surface area contributed by atoms with Crippen LogP contribution in [0.5, 0.6) is 0 Å². The molecule has 1 saturated carbocycles. The molecule has 1 aliphatic heterocycles. The van der Waals surface area contributed by atoms with Gasteiger partial charge in [0.1, 0.15) is 0 Å². The highest BCUT2D eigenvalue weighted by Crippen LogP contribution is 2.58. The van der Waals surface area contributed by atoms with Gasteiger partial charge in [-0.15, -0.1) is 0 Å². The van der Waals surface area contributed by atoms with E-state index in [0.717, 1.165) is 24.4 Å². The third-order valence-corrected chi connectivity index (χ3v) is 6.21. The summed E-state index contributed by atoms with van der Waals surface area (Å²) in [7, 11) is 0. The van der Waals surface area contributed by atoms with Gasteiger partial charge < -0.3 is 9.64 Å². The van der Waals surface area contributed by atoms with Gasteiger partial charge in [-0.25, -0.2) is 0 Å². The van der Waals surface area contributed by atoms with Gasteiger partial charge in [-0.2, -0.15) is 0 Å². The molecule has 1 aromatic rings. The summed E-state index contributed by atoms with van der Waals surface area (Å²) >= 11 is 5.74. The van der Waals surface area contributed by atoms with Gasteiger partial charge >= 0.3 is 5.97 Å². The molecule has 0 bridgehead atoms. The molecule has 1 aliphatic carbocycles. The summed E-state index contributed by atoms with van der Waals surface area (Å²) in [4.78, 5) is 15.7. The highest BCUT2D eigenvalue weighted by molar-refractivity contribution is 7.80. The first-order valence-corrected chi connectivity index (χ1v) is 8.94. The van der Waals surface area contributed by atoms with E-state index in [1.54, 1.807) is 0 Å². The molecule has 0 spiro atoms. The third-order valence-electron chi connectivity index (χ3n) is 5.60. The normalized spacial score (nSPS) is 26.9. The zero-order chi connectivity index (χ0) is 16.6. The number of esters is 1. The van der Waals surface area contributed by atoms with E-state index in [1.165, 1.54) is 5.56 Å². The van der Waals surface area contributed by atoms with E-state index in [9.17, 15) is 4.79 Å². The lowest BCUT2D eigenvalue weighted by Crippen LogP contribution is -2.32. The molecule has 0 N–H and O–H groups in total. The number of hydrogen-bond acceptors (Lipinski definition) is 3. The van der Waals surface area contributed by atoms with E-state index in [1.807, 2.05) is 13.0 Å². The van der Waals surface area contributed by atoms with Gasteiger partial charge in [-0.1, -0.05) is 49.5 Å². The van der Waals surface area contributed by atoms with Crippen LogP contribution in [0.2, 0.25) is 0 Å². The first-order chi connectivity index (χ1) is 11.0. The van der Waals surface area contributed by atoms with Gasteiger partial charge in [0.05, 0.1) is 23.1 Å². The second-order valence-corrected chi connectivity index (χ2v) is 7.27. The number of carbonyl (C=O) groups is 1. The fourth-order valence-corrected chi connectivity index (χ4v) is 4.34. The molecule has 3 atom stereocenters. The van der Waals surface area contributed by atoms with Crippen molar-refractivity contribution in [1.82, 2.24) is 4.90 Å². The quantitative estimate of drug-likeness (QED) is 0.603. The molecular formula is C19H25NO2S. The van der Waals surface area contributed by atoms with Crippen molar-refractivity contribution in [3.8, 4) is 0 Å².